The molecule has 148 valence electrons. The van der Waals surface area contributed by atoms with E-state index in [1.807, 2.05) is 13.0 Å². The summed E-state index contributed by atoms with van der Waals surface area (Å²) in [7, 11) is 1.54. The van der Waals surface area contributed by atoms with Gasteiger partial charge in [-0.15, -0.1) is 12.4 Å². The summed E-state index contributed by atoms with van der Waals surface area (Å²) in [5.41, 5.74) is 12.1. The number of carbonyl (C=O) groups excluding carboxylic acids is 1. The number of aromatic nitrogens is 1. The molecular formula is C19H21ClN4O4. The second kappa shape index (κ2) is 9.03. The highest BCUT2D eigenvalue weighted by atomic mass is 35.5. The van der Waals surface area contributed by atoms with Crippen LogP contribution in [0.5, 0.6) is 5.75 Å². The summed E-state index contributed by atoms with van der Waals surface area (Å²) in [6.45, 7) is 1.88. The molecule has 1 amide bonds. The molecule has 3 rings (SSSR count). The largest absolute Gasteiger partial charge is 0.497 e. The second-order valence-electron chi connectivity index (χ2n) is 5.81. The molecule has 0 aliphatic heterocycles. The van der Waals surface area contributed by atoms with Gasteiger partial charge in [0.05, 0.1) is 18.4 Å². The second-order valence-corrected chi connectivity index (χ2v) is 5.81. The van der Waals surface area contributed by atoms with Gasteiger partial charge in [0.25, 0.3) is 11.5 Å². The summed E-state index contributed by atoms with van der Waals surface area (Å²) in [5.74, 6) is -0.359. The van der Waals surface area contributed by atoms with E-state index in [0.717, 1.165) is 5.56 Å². The van der Waals surface area contributed by atoms with E-state index in [1.54, 1.807) is 43.5 Å². The Bertz CT molecular complexity index is 1100. The Morgan fingerprint density at radius 2 is 1.82 bits per heavy atom. The lowest BCUT2D eigenvalue weighted by molar-refractivity contribution is 0.100. The van der Waals surface area contributed by atoms with Crippen LogP contribution < -0.4 is 21.8 Å². The minimum absolute atomic E-state index is 0. The van der Waals surface area contributed by atoms with Gasteiger partial charge in [0.2, 0.25) is 0 Å². The van der Waals surface area contributed by atoms with Crippen molar-refractivity contribution in [1.29, 1.82) is 0 Å². The van der Waals surface area contributed by atoms with Gasteiger partial charge in [-0.2, -0.15) is 4.99 Å². The molecule has 0 radical (unpaired) electrons. The van der Waals surface area contributed by atoms with Gasteiger partial charge >= 0.3 is 0 Å². The van der Waals surface area contributed by atoms with Crippen molar-refractivity contribution in [2.45, 2.75) is 6.92 Å². The Hall–Kier alpha value is -3.36. The third-order valence-corrected chi connectivity index (χ3v) is 3.97. The molecule has 0 atom stereocenters. The molecule has 0 saturated heterocycles. The fraction of sp³-hybridized carbons (Fsp3) is 0.105. The minimum Gasteiger partial charge on any atom is -0.497 e. The van der Waals surface area contributed by atoms with Crippen LogP contribution in [-0.2, 0) is 0 Å². The van der Waals surface area contributed by atoms with Gasteiger partial charge in [-0.3, -0.25) is 14.2 Å². The number of aliphatic imine (C=N–C) groups is 1. The number of nitrogens with zero attached hydrogens (tertiary/aromatic N) is 2. The van der Waals surface area contributed by atoms with Crippen molar-refractivity contribution in [2.75, 3.05) is 7.11 Å². The number of rotatable bonds is 3. The number of halogens is 1. The highest BCUT2D eigenvalue weighted by Crippen LogP contribution is 2.22. The molecule has 6 N–H and O–H groups in total. The Kier molecular flexibility index (Phi) is 7.31. The summed E-state index contributed by atoms with van der Waals surface area (Å²) in [4.78, 5) is 29.1. The summed E-state index contributed by atoms with van der Waals surface area (Å²) >= 11 is 0. The van der Waals surface area contributed by atoms with Crippen molar-refractivity contribution in [2.24, 2.45) is 16.5 Å². The lowest BCUT2D eigenvalue weighted by Crippen LogP contribution is -2.25. The lowest BCUT2D eigenvalue weighted by atomic mass is 10.0. The number of ether oxygens (including phenoxy) is 1. The first-order valence-electron chi connectivity index (χ1n) is 7.85. The SMILES string of the molecule is COc1cccc(-n2cc(C(=O)N=C(N)N)c3cc(C)ccc3c2=O)c1.Cl.O. The van der Waals surface area contributed by atoms with E-state index >= 15 is 0 Å². The molecule has 3 aromatic rings. The average molecular weight is 405 g/mol. The molecule has 0 fully saturated rings. The minimum atomic E-state index is -0.614. The van der Waals surface area contributed by atoms with Crippen molar-refractivity contribution in [3.8, 4) is 11.4 Å². The van der Waals surface area contributed by atoms with E-state index in [2.05, 4.69) is 4.99 Å². The lowest BCUT2D eigenvalue weighted by Gasteiger charge is -2.12. The number of amides is 1. The summed E-state index contributed by atoms with van der Waals surface area (Å²) in [5, 5.41) is 0.902. The molecule has 1 aromatic heterocycles. The van der Waals surface area contributed by atoms with Crippen LogP contribution in [0.2, 0.25) is 0 Å². The molecule has 9 heteroatoms. The Labute approximate surface area is 167 Å². The van der Waals surface area contributed by atoms with Crippen LogP contribution in [0.3, 0.4) is 0 Å². The van der Waals surface area contributed by atoms with Gasteiger partial charge in [-0.05, 0) is 25.1 Å². The summed E-state index contributed by atoms with van der Waals surface area (Å²) in [6.07, 6.45) is 1.45. The number of methoxy groups -OCH3 is 1. The van der Waals surface area contributed by atoms with Crippen molar-refractivity contribution in [1.82, 2.24) is 4.57 Å². The Morgan fingerprint density at radius 3 is 2.46 bits per heavy atom. The van der Waals surface area contributed by atoms with Gasteiger partial charge in [-0.1, -0.05) is 23.8 Å². The normalized spacial score (nSPS) is 9.79. The number of benzene rings is 2. The number of guanidine groups is 1. The maximum atomic E-state index is 13.0. The molecule has 8 nitrogen and oxygen atoms in total. The van der Waals surface area contributed by atoms with Gasteiger partial charge in [-0.25, -0.2) is 0 Å². The zero-order valence-electron chi connectivity index (χ0n) is 15.3. The van der Waals surface area contributed by atoms with Crippen molar-refractivity contribution in [3.63, 3.8) is 0 Å². The van der Waals surface area contributed by atoms with E-state index in [9.17, 15) is 9.59 Å². The Balaban J connectivity index is 0.00000196. The van der Waals surface area contributed by atoms with Crippen LogP contribution in [0.4, 0.5) is 0 Å². The van der Waals surface area contributed by atoms with Crippen molar-refractivity contribution < 1.29 is 15.0 Å². The third-order valence-electron chi connectivity index (χ3n) is 3.97. The topological polar surface area (TPSA) is 144 Å². The predicted molar refractivity (Wildman–Crippen MR) is 112 cm³/mol. The predicted octanol–water partition coefficient (Wildman–Crippen LogP) is 1.32. The van der Waals surface area contributed by atoms with E-state index < -0.39 is 5.91 Å². The quantitative estimate of drug-likeness (QED) is 0.499. The third kappa shape index (κ3) is 4.30. The average Bonchev–Trinajstić information content (AvgIpc) is 2.61. The van der Waals surface area contributed by atoms with Crippen LogP contribution in [0.25, 0.3) is 16.5 Å². The number of fused-ring (bicyclic) bond motifs is 1. The molecule has 0 aliphatic rings. The van der Waals surface area contributed by atoms with Gasteiger partial charge in [0, 0.05) is 23.0 Å². The van der Waals surface area contributed by atoms with E-state index in [-0.39, 0.29) is 35.0 Å². The highest BCUT2D eigenvalue weighted by molar-refractivity contribution is 6.10. The van der Waals surface area contributed by atoms with Crippen LogP contribution >= 0.6 is 12.4 Å². The number of aryl methyl sites for hydroxylation is 1. The monoisotopic (exact) mass is 404 g/mol. The highest BCUT2D eigenvalue weighted by Gasteiger charge is 2.16. The van der Waals surface area contributed by atoms with E-state index in [4.69, 9.17) is 16.2 Å². The maximum absolute atomic E-state index is 13.0. The zero-order chi connectivity index (χ0) is 18.8. The Morgan fingerprint density at radius 1 is 1.11 bits per heavy atom. The molecule has 0 saturated carbocycles. The molecule has 0 aliphatic carbocycles. The van der Waals surface area contributed by atoms with Crippen molar-refractivity contribution in [3.05, 3.63) is 70.1 Å². The molecule has 2 aromatic carbocycles. The first kappa shape index (κ1) is 22.7. The summed E-state index contributed by atoms with van der Waals surface area (Å²) in [6, 6.07) is 12.3. The molecule has 28 heavy (non-hydrogen) atoms. The standard InChI is InChI=1S/C19H18N4O3.ClH.H2O/c1-11-6-7-14-15(8-11)16(17(24)22-19(20)21)10-23(18(14)25)12-4-3-5-13(9-12)26-2;;/h3-10H,1-2H3,(H4,20,21,22,24);1H;1H2. The molecule has 1 heterocycles. The first-order chi connectivity index (χ1) is 12.4. The molecule has 0 unspecified atom stereocenters. The number of pyridine rings is 1. The van der Waals surface area contributed by atoms with Gasteiger partial charge in [0.15, 0.2) is 5.96 Å². The molecular weight excluding hydrogens is 384 g/mol. The number of hydrogen-bond donors (Lipinski definition) is 2. The van der Waals surface area contributed by atoms with Crippen LogP contribution in [-0.4, -0.2) is 29.0 Å². The van der Waals surface area contributed by atoms with Gasteiger partial charge in [0.1, 0.15) is 5.75 Å². The number of carbonyl (C=O) groups is 1. The van der Waals surface area contributed by atoms with Crippen LogP contribution in [0.1, 0.15) is 15.9 Å². The maximum Gasteiger partial charge on any atom is 0.282 e. The van der Waals surface area contributed by atoms with E-state index in [0.29, 0.717) is 22.2 Å². The van der Waals surface area contributed by atoms with E-state index in [1.165, 1.54) is 10.8 Å². The zero-order valence-corrected chi connectivity index (χ0v) is 16.1. The van der Waals surface area contributed by atoms with Crippen molar-refractivity contribution >= 4 is 35.0 Å². The fourth-order valence-electron chi connectivity index (χ4n) is 2.75. The number of nitrogens with two attached hydrogens (primary N) is 2. The first-order valence-corrected chi connectivity index (χ1v) is 7.85. The van der Waals surface area contributed by atoms with Crippen LogP contribution in [0, 0.1) is 6.92 Å². The number of hydrogen-bond acceptors (Lipinski definition) is 3. The van der Waals surface area contributed by atoms with Gasteiger partial charge < -0.3 is 21.7 Å². The molecule has 0 spiro atoms. The smallest absolute Gasteiger partial charge is 0.282 e. The fourth-order valence-corrected chi connectivity index (χ4v) is 2.75. The van der Waals surface area contributed by atoms with Crippen LogP contribution in [0.15, 0.2) is 58.4 Å². The summed E-state index contributed by atoms with van der Waals surface area (Å²) < 4.78 is 6.60. The molecule has 0 bridgehead atoms.